The number of nitrogens with zero attached hydrogens (tertiary/aromatic N) is 2. The van der Waals surface area contributed by atoms with Crippen molar-refractivity contribution in [1.82, 2.24) is 15.5 Å². The lowest BCUT2D eigenvalue weighted by Crippen LogP contribution is -2.44. The van der Waals surface area contributed by atoms with Crippen LogP contribution >= 0.6 is 0 Å². The molecule has 1 saturated heterocycles. The van der Waals surface area contributed by atoms with Gasteiger partial charge < -0.3 is 15.4 Å². The second-order valence-electron chi connectivity index (χ2n) is 6.20. The highest BCUT2D eigenvalue weighted by Crippen LogP contribution is 2.19. The summed E-state index contributed by atoms with van der Waals surface area (Å²) in [5.74, 6) is 0.734. The topological polar surface area (TPSA) is 48.9 Å². The molecule has 2 N–H and O–H groups in total. The van der Waals surface area contributed by atoms with E-state index in [0.29, 0.717) is 24.9 Å². The Hall–Kier alpha value is -1.82. The largest absolute Gasteiger partial charge is 0.491 e. The minimum atomic E-state index is -0.336. The molecule has 0 radical (unpaired) electrons. The minimum Gasteiger partial charge on any atom is -0.491 e. The first-order valence-corrected chi connectivity index (χ1v) is 9.35. The number of benzene rings is 1. The molecule has 1 heterocycles. The van der Waals surface area contributed by atoms with Gasteiger partial charge in [-0.05, 0) is 57.5 Å². The Morgan fingerprint density at radius 1 is 1.32 bits per heavy atom. The van der Waals surface area contributed by atoms with Crippen LogP contribution in [0.25, 0.3) is 0 Å². The zero-order valence-corrected chi connectivity index (χ0v) is 15.6. The molecule has 0 saturated carbocycles. The van der Waals surface area contributed by atoms with Crippen LogP contribution < -0.4 is 15.4 Å². The van der Waals surface area contributed by atoms with Crippen LogP contribution in [0.4, 0.5) is 4.39 Å². The normalized spacial score (nSPS) is 18.4. The number of hydrogen-bond acceptors (Lipinski definition) is 3. The minimum absolute atomic E-state index is 0.293. The van der Waals surface area contributed by atoms with Crippen molar-refractivity contribution in [2.24, 2.45) is 4.99 Å². The van der Waals surface area contributed by atoms with Gasteiger partial charge in [-0.25, -0.2) is 9.38 Å². The zero-order chi connectivity index (χ0) is 18.1. The third-order valence-electron chi connectivity index (χ3n) is 4.47. The molecule has 140 valence electrons. The molecule has 0 spiro atoms. The molecule has 1 aromatic carbocycles. The molecule has 1 aliphatic rings. The highest BCUT2D eigenvalue weighted by Gasteiger charge is 2.22. The first-order chi connectivity index (χ1) is 12.2. The van der Waals surface area contributed by atoms with Crippen molar-refractivity contribution in [2.45, 2.75) is 46.2 Å². The number of aliphatic imine (C=N–C) groups is 1. The quantitative estimate of drug-likeness (QED) is 0.559. The van der Waals surface area contributed by atoms with Gasteiger partial charge in [0.15, 0.2) is 17.5 Å². The van der Waals surface area contributed by atoms with Crippen molar-refractivity contribution in [1.29, 1.82) is 0 Å². The summed E-state index contributed by atoms with van der Waals surface area (Å²) in [5, 5.41) is 6.68. The Morgan fingerprint density at radius 2 is 2.16 bits per heavy atom. The third kappa shape index (κ3) is 5.88. The van der Waals surface area contributed by atoms with Gasteiger partial charge in [-0.2, -0.15) is 0 Å². The van der Waals surface area contributed by atoms with E-state index in [1.165, 1.54) is 25.5 Å². The summed E-state index contributed by atoms with van der Waals surface area (Å²) in [7, 11) is 0. The number of nitrogens with one attached hydrogen (secondary N) is 2. The summed E-state index contributed by atoms with van der Waals surface area (Å²) < 4.78 is 19.2. The number of likely N-dealkylation sites (tertiary alicyclic amines) is 1. The summed E-state index contributed by atoms with van der Waals surface area (Å²) in [5.41, 5.74) is 0.828. The SMILES string of the molecule is CCNC(=NCc1ccc(OCC)c(F)c1)NCC1CCCN1CC. The number of hydrogen-bond donors (Lipinski definition) is 2. The van der Waals surface area contributed by atoms with Crippen LogP contribution in [0, 0.1) is 5.82 Å². The van der Waals surface area contributed by atoms with Crippen molar-refractivity contribution in [2.75, 3.05) is 32.8 Å². The first kappa shape index (κ1) is 19.5. The van der Waals surface area contributed by atoms with Gasteiger partial charge in [0.1, 0.15) is 0 Å². The van der Waals surface area contributed by atoms with Crippen LogP contribution in [-0.4, -0.2) is 49.7 Å². The predicted molar refractivity (Wildman–Crippen MR) is 101 cm³/mol. The Bertz CT molecular complexity index is 564. The molecule has 6 heteroatoms. The molecule has 0 aromatic heterocycles. The molecule has 0 aliphatic carbocycles. The summed E-state index contributed by atoms with van der Waals surface area (Å²) in [6.07, 6.45) is 2.49. The van der Waals surface area contributed by atoms with Gasteiger partial charge >= 0.3 is 0 Å². The van der Waals surface area contributed by atoms with Gasteiger partial charge in [0.05, 0.1) is 13.2 Å². The molecule has 25 heavy (non-hydrogen) atoms. The lowest BCUT2D eigenvalue weighted by Gasteiger charge is -2.24. The van der Waals surface area contributed by atoms with Gasteiger partial charge in [0.2, 0.25) is 0 Å². The van der Waals surface area contributed by atoms with Crippen LogP contribution in [-0.2, 0) is 6.54 Å². The summed E-state index contributed by atoms with van der Waals surface area (Å²) in [4.78, 5) is 7.08. The van der Waals surface area contributed by atoms with E-state index in [2.05, 4.69) is 27.4 Å². The summed E-state index contributed by atoms with van der Waals surface area (Å²) >= 11 is 0. The van der Waals surface area contributed by atoms with Crippen molar-refractivity contribution in [3.05, 3.63) is 29.6 Å². The van der Waals surface area contributed by atoms with Gasteiger partial charge in [-0.15, -0.1) is 0 Å². The fraction of sp³-hybridized carbons (Fsp3) is 0.632. The van der Waals surface area contributed by atoms with E-state index in [9.17, 15) is 4.39 Å². The van der Waals surface area contributed by atoms with Crippen LogP contribution in [0.3, 0.4) is 0 Å². The standard InChI is InChI=1S/C19H31FN4O/c1-4-21-19(23-14-16-8-7-11-24(16)5-2)22-13-15-9-10-18(25-6-3)17(20)12-15/h9-10,12,16H,4-8,11,13-14H2,1-3H3,(H2,21,22,23). The first-order valence-electron chi connectivity index (χ1n) is 9.35. The van der Waals surface area contributed by atoms with E-state index in [1.54, 1.807) is 6.07 Å². The number of ether oxygens (including phenoxy) is 1. The van der Waals surface area contributed by atoms with Gasteiger partial charge in [-0.1, -0.05) is 13.0 Å². The lowest BCUT2D eigenvalue weighted by atomic mass is 10.2. The second-order valence-corrected chi connectivity index (χ2v) is 6.20. The number of guanidine groups is 1. The molecular weight excluding hydrogens is 319 g/mol. The van der Waals surface area contributed by atoms with E-state index in [4.69, 9.17) is 4.74 Å². The van der Waals surface area contributed by atoms with E-state index >= 15 is 0 Å². The Kier molecular flexibility index (Phi) is 7.98. The molecule has 0 amide bonds. The molecule has 0 bridgehead atoms. The van der Waals surface area contributed by atoms with Crippen LogP contribution in [0.15, 0.2) is 23.2 Å². The van der Waals surface area contributed by atoms with E-state index < -0.39 is 0 Å². The summed E-state index contributed by atoms with van der Waals surface area (Å²) in [6.45, 7) is 10.9. The number of halogens is 1. The molecule has 1 aromatic rings. The van der Waals surface area contributed by atoms with Crippen LogP contribution in [0.1, 0.15) is 39.2 Å². The van der Waals surface area contributed by atoms with Crippen LogP contribution in [0.5, 0.6) is 5.75 Å². The number of likely N-dealkylation sites (N-methyl/N-ethyl adjacent to an activating group) is 1. The monoisotopic (exact) mass is 350 g/mol. The Balaban J connectivity index is 1.93. The average Bonchev–Trinajstić information content (AvgIpc) is 3.07. The van der Waals surface area contributed by atoms with Gasteiger partial charge in [-0.3, -0.25) is 4.90 Å². The maximum absolute atomic E-state index is 13.9. The van der Waals surface area contributed by atoms with E-state index in [1.807, 2.05) is 19.9 Å². The molecule has 5 nitrogen and oxygen atoms in total. The van der Waals surface area contributed by atoms with Gasteiger partial charge in [0, 0.05) is 19.1 Å². The Labute approximate surface area is 150 Å². The van der Waals surface area contributed by atoms with Crippen LogP contribution in [0.2, 0.25) is 0 Å². The lowest BCUT2D eigenvalue weighted by molar-refractivity contribution is 0.267. The van der Waals surface area contributed by atoms with E-state index in [0.717, 1.165) is 31.2 Å². The zero-order valence-electron chi connectivity index (χ0n) is 15.6. The van der Waals surface area contributed by atoms with E-state index in [-0.39, 0.29) is 5.82 Å². The highest BCUT2D eigenvalue weighted by atomic mass is 19.1. The highest BCUT2D eigenvalue weighted by molar-refractivity contribution is 5.79. The maximum Gasteiger partial charge on any atom is 0.191 e. The second kappa shape index (κ2) is 10.2. The molecule has 1 aliphatic heterocycles. The van der Waals surface area contributed by atoms with Gasteiger partial charge in [0.25, 0.3) is 0 Å². The van der Waals surface area contributed by atoms with Crippen molar-refractivity contribution in [3.63, 3.8) is 0 Å². The Morgan fingerprint density at radius 3 is 2.84 bits per heavy atom. The molecule has 1 unspecified atom stereocenters. The third-order valence-corrected chi connectivity index (χ3v) is 4.47. The summed E-state index contributed by atoms with van der Waals surface area (Å²) in [6, 6.07) is 5.59. The average molecular weight is 350 g/mol. The predicted octanol–water partition coefficient (Wildman–Crippen LogP) is 2.76. The molecular formula is C19H31FN4O. The molecule has 1 atom stereocenters. The van der Waals surface area contributed by atoms with Crippen molar-refractivity contribution in [3.8, 4) is 5.75 Å². The van der Waals surface area contributed by atoms with Crippen molar-refractivity contribution >= 4 is 5.96 Å². The van der Waals surface area contributed by atoms with Crippen molar-refractivity contribution < 1.29 is 9.13 Å². The number of rotatable bonds is 8. The molecule has 1 fully saturated rings. The molecule has 2 rings (SSSR count). The smallest absolute Gasteiger partial charge is 0.191 e. The fourth-order valence-electron chi connectivity index (χ4n) is 3.18. The maximum atomic E-state index is 13.9. The fourth-order valence-corrected chi connectivity index (χ4v) is 3.18.